The highest BCUT2D eigenvalue weighted by Gasteiger charge is 2.26. The van der Waals surface area contributed by atoms with Gasteiger partial charge in [-0.3, -0.25) is 4.90 Å². The second-order valence-electron chi connectivity index (χ2n) is 11.3. The van der Waals surface area contributed by atoms with Crippen LogP contribution in [0.5, 0.6) is 0 Å². The number of rotatable bonds is 7. The molecule has 1 aromatic carbocycles. The van der Waals surface area contributed by atoms with Gasteiger partial charge in [0.1, 0.15) is 5.82 Å². The summed E-state index contributed by atoms with van der Waals surface area (Å²) in [5, 5.41) is 7.83. The average molecular weight is 541 g/mol. The van der Waals surface area contributed by atoms with Crippen LogP contribution in [0, 0.1) is 5.82 Å². The van der Waals surface area contributed by atoms with Crippen LogP contribution >= 0.6 is 11.6 Å². The Hall–Kier alpha value is -2.49. The predicted molar refractivity (Wildman–Crippen MR) is 150 cm³/mol. The van der Waals surface area contributed by atoms with Crippen molar-refractivity contribution in [1.29, 1.82) is 0 Å². The third-order valence-corrected chi connectivity index (χ3v) is 8.93. The molecule has 1 aliphatic heterocycles. The number of halogens is 2. The monoisotopic (exact) mass is 540 g/mol. The van der Waals surface area contributed by atoms with Gasteiger partial charge in [0.15, 0.2) is 17.0 Å². The van der Waals surface area contributed by atoms with E-state index in [1.165, 1.54) is 37.8 Å². The average Bonchev–Trinajstić information content (AvgIpc) is 3.58. The zero-order valence-electron chi connectivity index (χ0n) is 21.9. The fourth-order valence-corrected chi connectivity index (χ4v) is 6.52. The molecule has 3 heterocycles. The van der Waals surface area contributed by atoms with Gasteiger partial charge in [0.2, 0.25) is 5.95 Å². The van der Waals surface area contributed by atoms with Crippen LogP contribution in [-0.2, 0) is 6.54 Å². The summed E-state index contributed by atoms with van der Waals surface area (Å²) in [5.41, 5.74) is 8.87. The van der Waals surface area contributed by atoms with E-state index >= 15 is 0 Å². The van der Waals surface area contributed by atoms with Gasteiger partial charge in [-0.25, -0.2) is 9.37 Å². The summed E-state index contributed by atoms with van der Waals surface area (Å²) in [6, 6.07) is 6.08. The number of anilines is 2. The quantitative estimate of drug-likeness (QED) is 0.364. The second-order valence-corrected chi connectivity index (χ2v) is 11.8. The molecule has 0 atom stereocenters. The highest BCUT2D eigenvalue weighted by atomic mass is 35.5. The standard InChI is InChI=1S/C28H38ClFN8/c29-24-15-19(30)6-5-18(24)16-37-13-11-22(12-14-37)33-26-25-27(38(17-32-25)23-3-1-2-4-23)36-28(35-26)34-21-9-7-20(31)8-10-21/h5-6,15,17,20-23H,1-4,7-14,16,31H2,(H2,33,34,35,36). The zero-order chi connectivity index (χ0) is 26.1. The number of nitrogens with zero attached hydrogens (tertiary/aromatic N) is 5. The molecule has 0 spiro atoms. The minimum atomic E-state index is -0.297. The molecule has 0 radical (unpaired) electrons. The first-order chi connectivity index (χ1) is 18.5. The maximum absolute atomic E-state index is 13.4. The normalized spacial score (nSPS) is 23.8. The molecule has 2 aliphatic carbocycles. The van der Waals surface area contributed by atoms with Crippen molar-refractivity contribution in [2.45, 2.75) is 94.9 Å². The van der Waals surface area contributed by atoms with E-state index < -0.39 is 0 Å². The number of hydrogen-bond acceptors (Lipinski definition) is 7. The van der Waals surface area contributed by atoms with Gasteiger partial charge in [0, 0.05) is 48.8 Å². The maximum atomic E-state index is 13.4. The van der Waals surface area contributed by atoms with Gasteiger partial charge < -0.3 is 20.9 Å². The fraction of sp³-hybridized carbons (Fsp3) is 0.607. The van der Waals surface area contributed by atoms with Crippen LogP contribution in [0.2, 0.25) is 5.02 Å². The lowest BCUT2D eigenvalue weighted by molar-refractivity contribution is 0.211. The Balaban J connectivity index is 1.17. The molecule has 4 N–H and O–H groups in total. The van der Waals surface area contributed by atoms with Crippen LogP contribution in [0.25, 0.3) is 11.2 Å². The van der Waals surface area contributed by atoms with Gasteiger partial charge in [0.05, 0.1) is 6.33 Å². The number of aromatic nitrogens is 4. The van der Waals surface area contributed by atoms with Crippen LogP contribution in [0.15, 0.2) is 24.5 Å². The topological polar surface area (TPSA) is 96.9 Å². The number of hydrogen-bond donors (Lipinski definition) is 3. The molecule has 3 aliphatic rings. The first kappa shape index (κ1) is 25.8. The molecule has 0 amide bonds. The summed E-state index contributed by atoms with van der Waals surface area (Å²) in [5.74, 6) is 1.21. The summed E-state index contributed by atoms with van der Waals surface area (Å²) >= 11 is 6.27. The van der Waals surface area contributed by atoms with Crippen molar-refractivity contribution in [2.24, 2.45) is 5.73 Å². The Morgan fingerprint density at radius 3 is 2.42 bits per heavy atom. The van der Waals surface area contributed by atoms with Crippen LogP contribution in [0.3, 0.4) is 0 Å². The van der Waals surface area contributed by atoms with Crippen molar-refractivity contribution in [2.75, 3.05) is 23.7 Å². The van der Waals surface area contributed by atoms with E-state index in [0.717, 1.165) is 80.7 Å². The van der Waals surface area contributed by atoms with E-state index in [-0.39, 0.29) is 5.82 Å². The molecular weight excluding hydrogens is 503 g/mol. The molecule has 38 heavy (non-hydrogen) atoms. The summed E-state index contributed by atoms with van der Waals surface area (Å²) < 4.78 is 15.7. The number of imidazole rings is 1. The molecule has 3 aromatic rings. The summed E-state index contributed by atoms with van der Waals surface area (Å²) in [4.78, 5) is 17.1. The molecule has 6 rings (SSSR count). The number of fused-ring (bicyclic) bond motifs is 1. The third kappa shape index (κ3) is 5.75. The van der Waals surface area contributed by atoms with Crippen molar-refractivity contribution in [3.05, 3.63) is 40.9 Å². The number of piperidine rings is 1. The van der Waals surface area contributed by atoms with Gasteiger partial charge in [-0.2, -0.15) is 9.97 Å². The number of likely N-dealkylation sites (tertiary alicyclic amines) is 1. The Morgan fingerprint density at radius 1 is 0.947 bits per heavy atom. The SMILES string of the molecule is NC1CCC(Nc2nc(NC3CCN(Cc4ccc(F)cc4Cl)CC3)c3ncn(C4CCCC4)c3n2)CC1. The summed E-state index contributed by atoms with van der Waals surface area (Å²) in [6.07, 6.45) is 13.0. The van der Waals surface area contributed by atoms with E-state index in [1.807, 2.05) is 6.33 Å². The van der Waals surface area contributed by atoms with Crippen molar-refractivity contribution < 1.29 is 4.39 Å². The van der Waals surface area contributed by atoms with Gasteiger partial charge in [0.25, 0.3) is 0 Å². The van der Waals surface area contributed by atoms with Crippen LogP contribution < -0.4 is 16.4 Å². The first-order valence-corrected chi connectivity index (χ1v) is 14.6. The molecule has 204 valence electrons. The van der Waals surface area contributed by atoms with Crippen molar-refractivity contribution in [1.82, 2.24) is 24.4 Å². The van der Waals surface area contributed by atoms with Crippen LogP contribution in [0.4, 0.5) is 16.2 Å². The molecular formula is C28H38ClFN8. The van der Waals surface area contributed by atoms with E-state index in [0.29, 0.717) is 35.1 Å². The lowest BCUT2D eigenvalue weighted by Crippen LogP contribution is -2.39. The van der Waals surface area contributed by atoms with E-state index in [9.17, 15) is 4.39 Å². The fourth-order valence-electron chi connectivity index (χ4n) is 6.30. The summed E-state index contributed by atoms with van der Waals surface area (Å²) in [7, 11) is 0. The van der Waals surface area contributed by atoms with Gasteiger partial charge in [-0.15, -0.1) is 0 Å². The Kier molecular flexibility index (Phi) is 7.68. The smallest absolute Gasteiger partial charge is 0.227 e. The molecule has 3 fully saturated rings. The van der Waals surface area contributed by atoms with Crippen molar-refractivity contribution >= 4 is 34.5 Å². The van der Waals surface area contributed by atoms with E-state index in [1.54, 1.807) is 6.07 Å². The lowest BCUT2D eigenvalue weighted by atomic mass is 9.92. The minimum absolute atomic E-state index is 0.296. The number of nitrogens with two attached hydrogens (primary N) is 1. The van der Waals surface area contributed by atoms with Crippen LogP contribution in [0.1, 0.15) is 75.8 Å². The van der Waals surface area contributed by atoms with Crippen molar-refractivity contribution in [3.63, 3.8) is 0 Å². The molecule has 2 aromatic heterocycles. The molecule has 2 saturated carbocycles. The summed E-state index contributed by atoms with van der Waals surface area (Å²) in [6.45, 7) is 2.60. The molecule has 0 unspecified atom stereocenters. The number of benzene rings is 1. The van der Waals surface area contributed by atoms with Crippen LogP contribution in [-0.4, -0.2) is 55.6 Å². The van der Waals surface area contributed by atoms with Gasteiger partial charge >= 0.3 is 0 Å². The molecule has 8 nitrogen and oxygen atoms in total. The Morgan fingerprint density at radius 2 is 1.68 bits per heavy atom. The zero-order valence-corrected chi connectivity index (χ0v) is 22.6. The Bertz CT molecular complexity index is 1240. The van der Waals surface area contributed by atoms with E-state index in [4.69, 9.17) is 32.3 Å². The van der Waals surface area contributed by atoms with Gasteiger partial charge in [-0.1, -0.05) is 30.5 Å². The minimum Gasteiger partial charge on any atom is -0.365 e. The molecule has 0 bridgehead atoms. The Labute approximate surface area is 228 Å². The first-order valence-electron chi connectivity index (χ1n) is 14.2. The van der Waals surface area contributed by atoms with Gasteiger partial charge in [-0.05, 0) is 69.1 Å². The van der Waals surface area contributed by atoms with Crippen molar-refractivity contribution in [3.8, 4) is 0 Å². The molecule has 10 heteroatoms. The second kappa shape index (κ2) is 11.3. The third-order valence-electron chi connectivity index (χ3n) is 8.58. The maximum Gasteiger partial charge on any atom is 0.227 e. The lowest BCUT2D eigenvalue weighted by Gasteiger charge is -2.33. The molecule has 1 saturated heterocycles. The largest absolute Gasteiger partial charge is 0.365 e. The van der Waals surface area contributed by atoms with E-state index in [2.05, 4.69) is 20.1 Å². The predicted octanol–water partition coefficient (Wildman–Crippen LogP) is 5.49. The highest BCUT2D eigenvalue weighted by Crippen LogP contribution is 2.34. The number of nitrogens with one attached hydrogen (secondary N) is 2. The highest BCUT2D eigenvalue weighted by molar-refractivity contribution is 6.31.